The van der Waals surface area contributed by atoms with E-state index in [0.717, 1.165) is 89.3 Å². The number of ether oxygens (including phenoxy) is 1. The fourth-order valence-corrected chi connectivity index (χ4v) is 8.01. The smallest absolute Gasteiger partial charge is 0.410 e. The molecule has 2 saturated heterocycles. The molecule has 3 aromatic rings. The van der Waals surface area contributed by atoms with E-state index in [9.17, 15) is 9.59 Å². The second kappa shape index (κ2) is 8.96. The zero-order chi connectivity index (χ0) is 28.9. The van der Waals surface area contributed by atoms with Gasteiger partial charge < -0.3 is 14.5 Å². The van der Waals surface area contributed by atoms with Crippen LogP contribution < -0.4 is 4.90 Å². The Kier molecular flexibility index (Phi) is 5.86. The highest BCUT2D eigenvalue weighted by Crippen LogP contribution is 2.56. The number of hydrogen-bond donors (Lipinski definition) is 1. The van der Waals surface area contributed by atoms with Gasteiger partial charge in [0.15, 0.2) is 5.82 Å². The molecule has 4 aliphatic rings. The largest absolute Gasteiger partial charge is 0.444 e. The van der Waals surface area contributed by atoms with Gasteiger partial charge in [0.2, 0.25) is 0 Å². The monoisotopic (exact) mass is 578 g/mol. The summed E-state index contributed by atoms with van der Waals surface area (Å²) in [5.74, 6) is 1.29. The minimum atomic E-state index is -0.491. The summed E-state index contributed by atoms with van der Waals surface area (Å²) in [4.78, 5) is 29.4. The van der Waals surface area contributed by atoms with Crippen molar-refractivity contribution in [1.82, 2.24) is 24.9 Å². The predicted octanol–water partition coefficient (Wildman–Crippen LogP) is 6.36. The topological polar surface area (TPSA) is 96.4 Å². The van der Waals surface area contributed by atoms with Crippen molar-refractivity contribution >= 4 is 40.2 Å². The van der Waals surface area contributed by atoms with Crippen LogP contribution in [0.4, 0.5) is 10.6 Å². The molecule has 1 aromatic carbocycles. The molecule has 4 fully saturated rings. The van der Waals surface area contributed by atoms with Gasteiger partial charge in [0.05, 0.1) is 22.8 Å². The van der Waals surface area contributed by atoms with E-state index in [-0.39, 0.29) is 23.1 Å². The molecule has 4 heterocycles. The van der Waals surface area contributed by atoms with E-state index in [1.54, 1.807) is 0 Å². The highest BCUT2D eigenvalue weighted by atomic mass is 35.5. The first-order valence-electron chi connectivity index (χ1n) is 14.9. The molecular weight excluding hydrogens is 540 g/mol. The van der Waals surface area contributed by atoms with Crippen LogP contribution in [0.2, 0.25) is 5.02 Å². The van der Waals surface area contributed by atoms with Crippen LogP contribution in [0.3, 0.4) is 0 Å². The molecule has 2 spiro atoms. The van der Waals surface area contributed by atoms with Crippen LogP contribution in [0.1, 0.15) is 83.0 Å². The minimum Gasteiger partial charge on any atom is -0.444 e. The fraction of sp³-hybridized carbons (Fsp3) is 0.613. The van der Waals surface area contributed by atoms with Crippen LogP contribution in [0.25, 0.3) is 22.0 Å². The SMILES string of the molecule is Cc1cc2[nH]ncc2c(-c2c(N3CCC(=O)CC34CCC4)nn(C3CC4(C3)CN(C(=O)OC(C)(C)C)C4)c2C)c1Cl. The van der Waals surface area contributed by atoms with Gasteiger partial charge in [-0.3, -0.25) is 14.6 Å². The van der Waals surface area contributed by atoms with Crippen molar-refractivity contribution in [3.05, 3.63) is 28.5 Å². The number of aromatic amines is 1. The molecule has 0 bridgehead atoms. The number of H-pyrrole nitrogens is 1. The first kappa shape index (κ1) is 26.8. The lowest BCUT2D eigenvalue weighted by atomic mass is 9.61. The van der Waals surface area contributed by atoms with Crippen LogP contribution in [0, 0.1) is 19.3 Å². The average Bonchev–Trinajstić information content (AvgIpc) is 3.40. The maximum atomic E-state index is 12.6. The summed E-state index contributed by atoms with van der Waals surface area (Å²) in [6.07, 6.45) is 7.87. The number of aromatic nitrogens is 4. The number of nitrogens with one attached hydrogen (secondary N) is 1. The number of halogens is 1. The number of carbonyl (C=O) groups is 2. The summed E-state index contributed by atoms with van der Waals surface area (Å²) >= 11 is 7.09. The highest BCUT2D eigenvalue weighted by molar-refractivity contribution is 6.36. The summed E-state index contributed by atoms with van der Waals surface area (Å²) in [6, 6.07) is 2.29. The molecule has 41 heavy (non-hydrogen) atoms. The second-order valence-electron chi connectivity index (χ2n) is 14.0. The molecule has 2 aliphatic heterocycles. The third-order valence-electron chi connectivity index (χ3n) is 9.89. The summed E-state index contributed by atoms with van der Waals surface area (Å²) in [5, 5.41) is 14.5. The number of aryl methyl sites for hydroxylation is 1. The number of hydrogen-bond acceptors (Lipinski definition) is 6. The fourth-order valence-electron chi connectivity index (χ4n) is 7.76. The van der Waals surface area contributed by atoms with Crippen molar-refractivity contribution in [3.8, 4) is 11.1 Å². The van der Waals surface area contributed by atoms with E-state index in [1.807, 2.05) is 44.9 Å². The van der Waals surface area contributed by atoms with Crippen LogP contribution in [-0.2, 0) is 9.53 Å². The number of anilines is 1. The number of carbonyl (C=O) groups excluding carboxylic acids is 2. The van der Waals surface area contributed by atoms with Crippen LogP contribution in [-0.4, -0.2) is 67.5 Å². The standard InChI is InChI=1S/C31H39ClN6O3/c1-18-11-23-22(15-33-34-23)25(26(18)32)24-19(2)38(35-27(24)37-10-7-21(39)14-31(37)8-6-9-31)20-12-30(13-20)16-36(17-30)28(40)41-29(3,4)5/h11,15,20H,6-10,12-14,16-17H2,1-5H3,(H,33,34). The van der Waals surface area contributed by atoms with E-state index in [4.69, 9.17) is 21.4 Å². The molecule has 218 valence electrons. The minimum absolute atomic E-state index is 0.131. The molecule has 9 nitrogen and oxygen atoms in total. The lowest BCUT2D eigenvalue weighted by Crippen LogP contribution is -2.64. The number of likely N-dealkylation sites (tertiary alicyclic amines) is 1. The van der Waals surface area contributed by atoms with Crippen LogP contribution in [0.5, 0.6) is 0 Å². The number of nitrogens with zero attached hydrogens (tertiary/aromatic N) is 5. The predicted molar refractivity (Wildman–Crippen MR) is 158 cm³/mol. The molecule has 0 radical (unpaired) electrons. The number of fused-ring (bicyclic) bond motifs is 1. The summed E-state index contributed by atoms with van der Waals surface area (Å²) < 4.78 is 7.79. The van der Waals surface area contributed by atoms with Crippen molar-refractivity contribution < 1.29 is 14.3 Å². The maximum Gasteiger partial charge on any atom is 0.410 e. The lowest BCUT2D eigenvalue weighted by molar-refractivity contribution is -0.122. The van der Waals surface area contributed by atoms with Crippen molar-refractivity contribution in [2.45, 2.75) is 96.7 Å². The Labute approximate surface area is 245 Å². The number of piperidine rings is 1. The average molecular weight is 579 g/mol. The van der Waals surface area contributed by atoms with E-state index < -0.39 is 5.60 Å². The van der Waals surface area contributed by atoms with E-state index in [2.05, 4.69) is 26.7 Å². The molecule has 1 amide bonds. The zero-order valence-corrected chi connectivity index (χ0v) is 25.4. The van der Waals surface area contributed by atoms with Crippen molar-refractivity contribution in [3.63, 3.8) is 0 Å². The number of amides is 1. The molecule has 2 aromatic heterocycles. The van der Waals surface area contributed by atoms with Gasteiger partial charge in [-0.15, -0.1) is 0 Å². The molecule has 2 aliphatic carbocycles. The van der Waals surface area contributed by atoms with Gasteiger partial charge in [0.25, 0.3) is 0 Å². The third-order valence-corrected chi connectivity index (χ3v) is 10.4. The molecule has 2 saturated carbocycles. The Morgan fingerprint density at radius 3 is 2.56 bits per heavy atom. The van der Waals surface area contributed by atoms with Gasteiger partial charge in [0.1, 0.15) is 11.4 Å². The number of rotatable bonds is 3. The zero-order valence-electron chi connectivity index (χ0n) is 24.6. The van der Waals surface area contributed by atoms with Gasteiger partial charge in [-0.2, -0.15) is 10.2 Å². The van der Waals surface area contributed by atoms with Crippen molar-refractivity contribution in [2.75, 3.05) is 24.5 Å². The van der Waals surface area contributed by atoms with Crippen LogP contribution in [0.15, 0.2) is 12.3 Å². The molecule has 0 unspecified atom stereocenters. The Morgan fingerprint density at radius 2 is 1.90 bits per heavy atom. The second-order valence-corrected chi connectivity index (χ2v) is 14.4. The number of Topliss-reactive ketones (excluding diaryl/α,β-unsaturated/α-hetero) is 1. The number of benzene rings is 1. The molecular formula is C31H39ClN6O3. The lowest BCUT2D eigenvalue weighted by Gasteiger charge is -2.58. The first-order chi connectivity index (χ1) is 19.4. The molecule has 0 atom stereocenters. The Hall–Kier alpha value is -3.07. The van der Waals surface area contributed by atoms with E-state index in [1.165, 1.54) is 0 Å². The van der Waals surface area contributed by atoms with E-state index >= 15 is 0 Å². The van der Waals surface area contributed by atoms with E-state index in [0.29, 0.717) is 25.2 Å². The van der Waals surface area contributed by atoms with Gasteiger partial charge >= 0.3 is 6.09 Å². The van der Waals surface area contributed by atoms with Crippen molar-refractivity contribution in [2.24, 2.45) is 5.41 Å². The highest BCUT2D eigenvalue weighted by Gasteiger charge is 2.56. The maximum absolute atomic E-state index is 12.6. The first-order valence-corrected chi connectivity index (χ1v) is 15.3. The normalized spacial score (nSPS) is 21.8. The summed E-state index contributed by atoms with van der Waals surface area (Å²) in [5.41, 5.74) is 4.54. The van der Waals surface area contributed by atoms with Gasteiger partial charge in [-0.05, 0) is 78.4 Å². The Bertz CT molecular complexity index is 1560. The molecule has 10 heteroatoms. The van der Waals surface area contributed by atoms with Gasteiger partial charge in [-0.1, -0.05) is 11.6 Å². The van der Waals surface area contributed by atoms with Crippen LogP contribution >= 0.6 is 11.6 Å². The molecule has 7 rings (SSSR count). The summed E-state index contributed by atoms with van der Waals surface area (Å²) in [6.45, 7) is 12.0. The van der Waals surface area contributed by atoms with Gasteiger partial charge in [0, 0.05) is 65.6 Å². The summed E-state index contributed by atoms with van der Waals surface area (Å²) in [7, 11) is 0. The van der Waals surface area contributed by atoms with Crippen molar-refractivity contribution in [1.29, 1.82) is 0 Å². The Balaban J connectivity index is 1.25. The van der Waals surface area contributed by atoms with Gasteiger partial charge in [-0.25, -0.2) is 4.79 Å². The Morgan fingerprint density at radius 1 is 1.17 bits per heavy atom. The quantitative estimate of drug-likeness (QED) is 0.388. The third kappa shape index (κ3) is 4.17. The number of ketones is 1. The molecule has 1 N–H and O–H groups in total.